The second-order valence-corrected chi connectivity index (χ2v) is 4.18. The third-order valence-electron chi connectivity index (χ3n) is 2.68. The number of guanidine groups is 1. The highest BCUT2D eigenvalue weighted by Gasteiger charge is 2.11. The summed E-state index contributed by atoms with van der Waals surface area (Å²) < 4.78 is 0. The maximum atomic E-state index is 4.36. The maximum absolute atomic E-state index is 4.36. The Kier molecular flexibility index (Phi) is 3.39. The number of aryl methyl sites for hydroxylation is 1. The summed E-state index contributed by atoms with van der Waals surface area (Å²) in [6, 6.07) is 4.52. The van der Waals surface area contributed by atoms with Gasteiger partial charge < -0.3 is 10.6 Å². The second-order valence-electron chi connectivity index (χ2n) is 4.18. The first-order valence-electron chi connectivity index (χ1n) is 5.71. The Morgan fingerprint density at radius 1 is 1.56 bits per heavy atom. The number of nitrogens with one attached hydrogen (secondary N) is 2. The van der Waals surface area contributed by atoms with Crippen LogP contribution in [0.25, 0.3) is 0 Å². The SMILES string of the molecule is Cc1cccnc1CCNC1=NCC(C)N1. The molecule has 1 aromatic rings. The molecule has 4 heteroatoms. The average molecular weight is 218 g/mol. The number of hydrogen-bond acceptors (Lipinski definition) is 4. The van der Waals surface area contributed by atoms with Crippen LogP contribution in [0, 0.1) is 6.92 Å². The van der Waals surface area contributed by atoms with E-state index in [4.69, 9.17) is 0 Å². The Morgan fingerprint density at radius 3 is 3.12 bits per heavy atom. The van der Waals surface area contributed by atoms with Gasteiger partial charge in [-0.2, -0.15) is 0 Å². The molecule has 0 aliphatic carbocycles. The van der Waals surface area contributed by atoms with Crippen LogP contribution in [-0.2, 0) is 6.42 Å². The van der Waals surface area contributed by atoms with Gasteiger partial charge in [0.25, 0.3) is 0 Å². The van der Waals surface area contributed by atoms with E-state index in [1.54, 1.807) is 0 Å². The lowest BCUT2D eigenvalue weighted by atomic mass is 10.2. The molecule has 0 fully saturated rings. The fourth-order valence-corrected chi connectivity index (χ4v) is 1.74. The Bertz CT molecular complexity index is 386. The molecule has 1 unspecified atom stereocenters. The highest BCUT2D eigenvalue weighted by molar-refractivity contribution is 5.81. The lowest BCUT2D eigenvalue weighted by Crippen LogP contribution is -2.38. The smallest absolute Gasteiger partial charge is 0.191 e. The molecule has 4 nitrogen and oxygen atoms in total. The molecule has 0 radical (unpaired) electrons. The van der Waals surface area contributed by atoms with E-state index in [1.807, 2.05) is 12.3 Å². The minimum absolute atomic E-state index is 0.457. The maximum Gasteiger partial charge on any atom is 0.191 e. The van der Waals surface area contributed by atoms with Crippen molar-refractivity contribution in [2.24, 2.45) is 4.99 Å². The monoisotopic (exact) mass is 218 g/mol. The van der Waals surface area contributed by atoms with Gasteiger partial charge in [0.1, 0.15) is 0 Å². The first kappa shape index (κ1) is 10.9. The third kappa shape index (κ3) is 2.72. The van der Waals surface area contributed by atoms with Crippen molar-refractivity contribution in [3.05, 3.63) is 29.6 Å². The van der Waals surface area contributed by atoms with Crippen LogP contribution in [0.5, 0.6) is 0 Å². The Morgan fingerprint density at radius 2 is 2.44 bits per heavy atom. The summed E-state index contributed by atoms with van der Waals surface area (Å²) in [7, 11) is 0. The van der Waals surface area contributed by atoms with Gasteiger partial charge in [0.05, 0.1) is 6.54 Å². The number of aromatic nitrogens is 1. The molecule has 1 aromatic heterocycles. The Hall–Kier alpha value is -1.58. The molecule has 1 aliphatic rings. The number of nitrogens with zero attached hydrogens (tertiary/aromatic N) is 2. The van der Waals surface area contributed by atoms with Crippen LogP contribution < -0.4 is 10.6 Å². The zero-order chi connectivity index (χ0) is 11.4. The van der Waals surface area contributed by atoms with Crippen molar-refractivity contribution in [1.29, 1.82) is 0 Å². The summed E-state index contributed by atoms with van der Waals surface area (Å²) in [6.45, 7) is 5.96. The molecular weight excluding hydrogens is 200 g/mol. The molecule has 86 valence electrons. The molecule has 0 saturated carbocycles. The molecular formula is C12H18N4. The van der Waals surface area contributed by atoms with E-state index < -0.39 is 0 Å². The standard InChI is InChI=1S/C12H18N4/c1-9-4-3-6-13-11(9)5-7-14-12-15-8-10(2)16-12/h3-4,6,10H,5,7-8H2,1-2H3,(H2,14,15,16). The van der Waals surface area contributed by atoms with Gasteiger partial charge in [0.2, 0.25) is 0 Å². The summed E-state index contributed by atoms with van der Waals surface area (Å²) in [5, 5.41) is 6.56. The van der Waals surface area contributed by atoms with E-state index in [-0.39, 0.29) is 0 Å². The van der Waals surface area contributed by atoms with Crippen LogP contribution in [0.4, 0.5) is 0 Å². The molecule has 0 saturated heterocycles. The minimum Gasteiger partial charge on any atom is -0.356 e. The second kappa shape index (κ2) is 4.96. The molecule has 2 rings (SSSR count). The molecule has 0 aromatic carbocycles. The quantitative estimate of drug-likeness (QED) is 0.791. The van der Waals surface area contributed by atoms with Gasteiger partial charge in [0.15, 0.2) is 5.96 Å². The van der Waals surface area contributed by atoms with E-state index >= 15 is 0 Å². The van der Waals surface area contributed by atoms with Gasteiger partial charge in [-0.05, 0) is 25.5 Å². The number of hydrogen-bond donors (Lipinski definition) is 2. The predicted octanol–water partition coefficient (Wildman–Crippen LogP) is 0.870. The molecule has 0 bridgehead atoms. The molecule has 1 atom stereocenters. The first-order chi connectivity index (χ1) is 7.75. The topological polar surface area (TPSA) is 49.3 Å². The van der Waals surface area contributed by atoms with E-state index in [0.29, 0.717) is 6.04 Å². The normalized spacial score (nSPS) is 19.1. The van der Waals surface area contributed by atoms with Crippen LogP contribution in [0.3, 0.4) is 0 Å². The molecule has 0 spiro atoms. The summed E-state index contributed by atoms with van der Waals surface area (Å²) in [6.07, 6.45) is 2.78. The van der Waals surface area contributed by atoms with Crippen LogP contribution >= 0.6 is 0 Å². The average Bonchev–Trinajstić information content (AvgIpc) is 2.67. The summed E-state index contributed by atoms with van der Waals surface area (Å²) in [5.41, 5.74) is 2.40. The molecule has 0 amide bonds. The lowest BCUT2D eigenvalue weighted by molar-refractivity contribution is 0.711. The number of pyridine rings is 1. The van der Waals surface area contributed by atoms with E-state index in [9.17, 15) is 0 Å². The van der Waals surface area contributed by atoms with Gasteiger partial charge in [-0.3, -0.25) is 9.98 Å². The molecule has 2 N–H and O–H groups in total. The lowest BCUT2D eigenvalue weighted by Gasteiger charge is -2.09. The van der Waals surface area contributed by atoms with Gasteiger partial charge in [0, 0.05) is 30.9 Å². The van der Waals surface area contributed by atoms with Crippen molar-refractivity contribution in [3.63, 3.8) is 0 Å². The van der Waals surface area contributed by atoms with Crippen molar-refractivity contribution in [3.8, 4) is 0 Å². The third-order valence-corrected chi connectivity index (χ3v) is 2.68. The summed E-state index contributed by atoms with van der Waals surface area (Å²) in [4.78, 5) is 8.70. The van der Waals surface area contributed by atoms with Crippen LogP contribution in [-0.4, -0.2) is 30.1 Å². The van der Waals surface area contributed by atoms with Gasteiger partial charge in [-0.15, -0.1) is 0 Å². The van der Waals surface area contributed by atoms with Crippen LogP contribution in [0.2, 0.25) is 0 Å². The fraction of sp³-hybridized carbons (Fsp3) is 0.500. The fourth-order valence-electron chi connectivity index (χ4n) is 1.74. The zero-order valence-electron chi connectivity index (χ0n) is 9.83. The predicted molar refractivity (Wildman–Crippen MR) is 65.6 cm³/mol. The van der Waals surface area contributed by atoms with Gasteiger partial charge in [-0.25, -0.2) is 0 Å². The minimum atomic E-state index is 0.457. The summed E-state index contributed by atoms with van der Waals surface area (Å²) >= 11 is 0. The van der Waals surface area contributed by atoms with E-state index in [2.05, 4.69) is 40.5 Å². The molecule has 1 aliphatic heterocycles. The number of aliphatic imine (C=N–C) groups is 1. The highest BCUT2D eigenvalue weighted by Crippen LogP contribution is 2.03. The van der Waals surface area contributed by atoms with Crippen molar-refractivity contribution in [2.75, 3.05) is 13.1 Å². The van der Waals surface area contributed by atoms with Crippen LogP contribution in [0.15, 0.2) is 23.3 Å². The van der Waals surface area contributed by atoms with Gasteiger partial charge in [-0.1, -0.05) is 6.07 Å². The van der Waals surface area contributed by atoms with Crippen molar-refractivity contribution in [2.45, 2.75) is 26.3 Å². The van der Waals surface area contributed by atoms with Crippen LogP contribution in [0.1, 0.15) is 18.2 Å². The summed E-state index contributed by atoms with van der Waals surface area (Å²) in [5.74, 6) is 0.918. The van der Waals surface area contributed by atoms with E-state index in [0.717, 1.165) is 31.2 Å². The van der Waals surface area contributed by atoms with Crippen molar-refractivity contribution < 1.29 is 0 Å². The Labute approximate surface area is 96.2 Å². The van der Waals surface area contributed by atoms with Crippen molar-refractivity contribution >= 4 is 5.96 Å². The number of rotatable bonds is 3. The molecule has 2 heterocycles. The zero-order valence-corrected chi connectivity index (χ0v) is 9.83. The molecule has 16 heavy (non-hydrogen) atoms. The largest absolute Gasteiger partial charge is 0.356 e. The Balaban J connectivity index is 1.78. The van der Waals surface area contributed by atoms with Crippen molar-refractivity contribution in [1.82, 2.24) is 15.6 Å². The van der Waals surface area contributed by atoms with E-state index in [1.165, 1.54) is 5.56 Å². The van der Waals surface area contributed by atoms with Gasteiger partial charge >= 0.3 is 0 Å². The first-order valence-corrected chi connectivity index (χ1v) is 5.71. The highest BCUT2D eigenvalue weighted by atomic mass is 15.2.